The highest BCUT2D eigenvalue weighted by atomic mass is 28.4. The van der Waals surface area contributed by atoms with Crippen LogP contribution in [0.2, 0.25) is 12.1 Å². The van der Waals surface area contributed by atoms with E-state index in [1.807, 2.05) is 42.5 Å². The Balaban J connectivity index is 1.73. The van der Waals surface area contributed by atoms with Crippen LogP contribution in [-0.2, 0) is 38.7 Å². The summed E-state index contributed by atoms with van der Waals surface area (Å²) < 4.78 is 34.0. The molecule has 0 fully saturated rings. The molecule has 0 saturated heterocycles. The number of hydrogen-bond donors (Lipinski definition) is 0. The van der Waals surface area contributed by atoms with Gasteiger partial charge in [-0.1, -0.05) is 36.4 Å². The van der Waals surface area contributed by atoms with Crippen LogP contribution in [0.1, 0.15) is 26.3 Å². The quantitative estimate of drug-likeness (QED) is 0.348. The van der Waals surface area contributed by atoms with Gasteiger partial charge in [0, 0.05) is 37.6 Å². The Labute approximate surface area is 206 Å². The third kappa shape index (κ3) is 6.81. The van der Waals surface area contributed by atoms with Crippen molar-refractivity contribution in [2.45, 2.75) is 39.5 Å². The number of carbonyl (C=O) groups is 3. The second-order valence-corrected chi connectivity index (χ2v) is 13.3. The van der Waals surface area contributed by atoms with Crippen molar-refractivity contribution in [2.75, 3.05) is 6.61 Å². The van der Waals surface area contributed by atoms with Crippen molar-refractivity contribution in [2.24, 2.45) is 0 Å². The molecule has 0 saturated carbocycles. The van der Waals surface area contributed by atoms with Gasteiger partial charge in [0.15, 0.2) is 0 Å². The average Bonchev–Trinajstić information content (AvgIpc) is 2.78. The summed E-state index contributed by atoms with van der Waals surface area (Å²) in [5.41, 5.74) is 0.814. The highest BCUT2D eigenvalue weighted by Crippen LogP contribution is 2.34. The Kier molecular flexibility index (Phi) is 8.49. The van der Waals surface area contributed by atoms with Crippen molar-refractivity contribution in [3.8, 4) is 11.5 Å². The summed E-state index contributed by atoms with van der Waals surface area (Å²) in [7, 11) is -6.68. The standard InChI is InChI=1S/C24H28O9Si2/c1-5-14-34(23-9-7-6-8-10-23)29-17-21-16-22(11-12-24(21)33-34)28-13-15-35(30-18(2)25,31-19(3)26)32-20(4)27/h5-12,16H,1,13-15,17H2,2-4H3. The molecule has 3 rings (SSSR count). The first-order valence-electron chi connectivity index (χ1n) is 11.0. The van der Waals surface area contributed by atoms with E-state index < -0.39 is 35.3 Å². The van der Waals surface area contributed by atoms with Crippen molar-refractivity contribution in [1.82, 2.24) is 0 Å². The summed E-state index contributed by atoms with van der Waals surface area (Å²) in [5.74, 6) is -0.970. The van der Waals surface area contributed by atoms with Crippen LogP contribution in [0.4, 0.5) is 0 Å². The van der Waals surface area contributed by atoms with E-state index in [0.717, 1.165) is 31.5 Å². The van der Waals surface area contributed by atoms with Crippen molar-refractivity contribution in [1.29, 1.82) is 0 Å². The first kappa shape index (κ1) is 26.2. The van der Waals surface area contributed by atoms with E-state index >= 15 is 0 Å². The van der Waals surface area contributed by atoms with Gasteiger partial charge in [0.2, 0.25) is 0 Å². The van der Waals surface area contributed by atoms with E-state index in [2.05, 4.69) is 6.58 Å². The van der Waals surface area contributed by atoms with Crippen molar-refractivity contribution >= 4 is 40.5 Å². The number of allylic oxidation sites excluding steroid dienone is 1. The third-order valence-corrected chi connectivity index (χ3v) is 10.8. The second kappa shape index (κ2) is 11.3. The molecule has 1 aliphatic rings. The number of benzene rings is 2. The minimum absolute atomic E-state index is 0.0280. The van der Waals surface area contributed by atoms with Crippen molar-refractivity contribution < 1.29 is 41.3 Å². The van der Waals surface area contributed by atoms with Gasteiger partial charge in [-0.25, -0.2) is 0 Å². The van der Waals surface area contributed by atoms with E-state index in [1.54, 1.807) is 12.1 Å². The Bertz CT molecular complexity index is 1050. The van der Waals surface area contributed by atoms with E-state index in [9.17, 15) is 14.4 Å². The molecule has 0 amide bonds. The van der Waals surface area contributed by atoms with Gasteiger partial charge < -0.3 is 26.9 Å². The number of carbonyl (C=O) groups excluding carboxylic acids is 3. The van der Waals surface area contributed by atoms with Crippen LogP contribution >= 0.6 is 0 Å². The highest BCUT2D eigenvalue weighted by Gasteiger charge is 2.52. The van der Waals surface area contributed by atoms with Gasteiger partial charge in [0.25, 0.3) is 17.9 Å². The lowest BCUT2D eigenvalue weighted by molar-refractivity contribution is -0.147. The Morgan fingerprint density at radius 2 is 1.63 bits per heavy atom. The monoisotopic (exact) mass is 516 g/mol. The fourth-order valence-electron chi connectivity index (χ4n) is 3.67. The highest BCUT2D eigenvalue weighted by molar-refractivity contribution is 6.82. The molecule has 0 N–H and O–H groups in total. The Morgan fingerprint density at radius 3 is 2.20 bits per heavy atom. The zero-order valence-corrected chi connectivity index (χ0v) is 21.9. The predicted molar refractivity (Wildman–Crippen MR) is 130 cm³/mol. The summed E-state index contributed by atoms with van der Waals surface area (Å²) >= 11 is 0. The SMILES string of the molecule is C=CC[Si]1(c2ccccc2)OCc2cc(OCC[Si](OC(C)=O)(OC(C)=O)OC(C)=O)ccc2O1. The summed E-state index contributed by atoms with van der Waals surface area (Å²) in [6.07, 6.45) is 1.81. The molecule has 0 aromatic heterocycles. The molecule has 1 unspecified atom stereocenters. The maximum Gasteiger partial charge on any atom is 0.708 e. The maximum absolute atomic E-state index is 11.6. The summed E-state index contributed by atoms with van der Waals surface area (Å²) in [6, 6.07) is 15.7. The van der Waals surface area contributed by atoms with Gasteiger partial charge in [-0.15, -0.1) is 6.58 Å². The molecule has 2 aromatic rings. The van der Waals surface area contributed by atoms with E-state index in [4.69, 9.17) is 26.9 Å². The fourth-order valence-corrected chi connectivity index (χ4v) is 8.57. The number of fused-ring (bicyclic) bond motifs is 1. The molecule has 0 radical (unpaired) electrons. The number of ether oxygens (including phenoxy) is 1. The molecule has 1 aliphatic heterocycles. The van der Waals surface area contributed by atoms with Crippen LogP contribution in [0.15, 0.2) is 61.2 Å². The lowest BCUT2D eigenvalue weighted by Gasteiger charge is -2.35. The molecular formula is C24H28O9Si2. The van der Waals surface area contributed by atoms with Crippen LogP contribution in [0.3, 0.4) is 0 Å². The van der Waals surface area contributed by atoms with Crippen LogP contribution in [0, 0.1) is 0 Å². The maximum atomic E-state index is 11.6. The molecule has 2 aromatic carbocycles. The second-order valence-electron chi connectivity index (χ2n) is 7.83. The molecule has 186 valence electrons. The largest absolute Gasteiger partial charge is 0.708 e. The van der Waals surface area contributed by atoms with Gasteiger partial charge in [0.1, 0.15) is 11.5 Å². The van der Waals surface area contributed by atoms with Crippen molar-refractivity contribution in [3.63, 3.8) is 0 Å². The molecular weight excluding hydrogens is 488 g/mol. The van der Waals surface area contributed by atoms with Gasteiger partial charge in [0.05, 0.1) is 19.3 Å². The first-order valence-corrected chi connectivity index (χ1v) is 15.0. The average molecular weight is 517 g/mol. The number of hydrogen-bond acceptors (Lipinski definition) is 9. The Hall–Kier alpha value is -3.42. The van der Waals surface area contributed by atoms with Crippen LogP contribution in [0.5, 0.6) is 11.5 Å². The summed E-state index contributed by atoms with van der Waals surface area (Å²) in [4.78, 5) is 34.7. The zero-order valence-electron chi connectivity index (χ0n) is 19.9. The van der Waals surface area contributed by atoms with Crippen molar-refractivity contribution in [3.05, 3.63) is 66.7 Å². The normalized spacial score (nSPS) is 16.8. The summed E-state index contributed by atoms with van der Waals surface area (Å²) in [5, 5.41) is 1.02. The smallest absolute Gasteiger partial charge is 0.517 e. The van der Waals surface area contributed by atoms with Crippen LogP contribution in [0.25, 0.3) is 0 Å². The lowest BCUT2D eigenvalue weighted by Crippen LogP contribution is -2.57. The minimum Gasteiger partial charge on any atom is -0.517 e. The lowest BCUT2D eigenvalue weighted by atomic mass is 10.2. The predicted octanol–water partition coefficient (Wildman–Crippen LogP) is 3.14. The molecule has 1 heterocycles. The minimum atomic E-state index is -3.96. The van der Waals surface area contributed by atoms with Crippen LogP contribution in [-0.4, -0.2) is 41.9 Å². The van der Waals surface area contributed by atoms with Gasteiger partial charge in [-0.2, -0.15) is 0 Å². The molecule has 0 aliphatic carbocycles. The third-order valence-electron chi connectivity index (χ3n) is 4.97. The topological polar surface area (TPSA) is 107 Å². The molecule has 9 nitrogen and oxygen atoms in total. The molecule has 1 atom stereocenters. The molecule has 11 heteroatoms. The summed E-state index contributed by atoms with van der Waals surface area (Å²) in [6.45, 7) is 7.61. The molecule has 0 bridgehead atoms. The fraction of sp³-hybridized carbons (Fsp3) is 0.292. The number of rotatable bonds is 10. The van der Waals surface area contributed by atoms with Gasteiger partial charge in [-0.05, 0) is 18.2 Å². The molecule has 0 spiro atoms. The zero-order chi connectivity index (χ0) is 25.5. The van der Waals surface area contributed by atoms with E-state index in [1.165, 1.54) is 0 Å². The Morgan fingerprint density at radius 1 is 1.00 bits per heavy atom. The van der Waals surface area contributed by atoms with Gasteiger partial charge in [-0.3, -0.25) is 14.4 Å². The first-order chi connectivity index (χ1) is 16.7. The van der Waals surface area contributed by atoms with Crippen LogP contribution < -0.4 is 14.3 Å². The van der Waals surface area contributed by atoms with E-state index in [0.29, 0.717) is 24.2 Å². The molecule has 35 heavy (non-hydrogen) atoms. The van der Waals surface area contributed by atoms with E-state index in [-0.39, 0.29) is 12.7 Å². The van der Waals surface area contributed by atoms with Gasteiger partial charge >= 0.3 is 17.4 Å².